The van der Waals surface area contributed by atoms with Gasteiger partial charge < -0.3 is 19.5 Å². The van der Waals surface area contributed by atoms with E-state index in [0.29, 0.717) is 37.5 Å². The van der Waals surface area contributed by atoms with Crippen LogP contribution in [0.1, 0.15) is 18.4 Å². The van der Waals surface area contributed by atoms with Gasteiger partial charge in [-0.15, -0.1) is 0 Å². The standard InChI is InChI=1S/C17H19N5O2/c18-10-12-11-20-16-15(12)13(3-4-19-16)22-5-1-2-14(22)17(23)21-6-8-24-9-7-21/h3-4,11,14H,1-2,5-9H2,(H,19,20)/t14-/m0/s1. The van der Waals surface area contributed by atoms with Gasteiger partial charge in [0.25, 0.3) is 0 Å². The van der Waals surface area contributed by atoms with Gasteiger partial charge in [-0.1, -0.05) is 0 Å². The molecule has 2 aliphatic rings. The number of nitrogens with one attached hydrogen (secondary N) is 1. The Balaban J connectivity index is 1.69. The molecular weight excluding hydrogens is 306 g/mol. The molecule has 4 heterocycles. The van der Waals surface area contributed by atoms with Crippen LogP contribution in [0.3, 0.4) is 0 Å². The summed E-state index contributed by atoms with van der Waals surface area (Å²) in [5.74, 6) is 0.162. The van der Waals surface area contributed by atoms with Gasteiger partial charge in [-0.25, -0.2) is 4.98 Å². The maximum atomic E-state index is 13.0. The Kier molecular flexibility index (Phi) is 3.82. The molecule has 0 saturated carbocycles. The SMILES string of the molecule is N#Cc1c[nH]c2nccc(N3CCC[C@H]3C(=O)N3CCOCC3)c12. The van der Waals surface area contributed by atoms with E-state index in [4.69, 9.17) is 4.74 Å². The van der Waals surface area contributed by atoms with Crippen molar-refractivity contribution < 1.29 is 9.53 Å². The molecule has 1 amide bonds. The minimum Gasteiger partial charge on any atom is -0.378 e. The molecule has 2 saturated heterocycles. The van der Waals surface area contributed by atoms with E-state index in [1.807, 2.05) is 11.0 Å². The number of pyridine rings is 1. The predicted molar refractivity (Wildman–Crippen MR) is 88.6 cm³/mol. The highest BCUT2D eigenvalue weighted by Gasteiger charge is 2.35. The molecule has 124 valence electrons. The average Bonchev–Trinajstić information content (AvgIpc) is 3.28. The number of H-pyrrole nitrogens is 1. The van der Waals surface area contributed by atoms with Crippen molar-refractivity contribution in [2.75, 3.05) is 37.7 Å². The normalized spacial score (nSPS) is 21.2. The summed E-state index contributed by atoms with van der Waals surface area (Å²) in [7, 11) is 0. The van der Waals surface area contributed by atoms with Crippen LogP contribution in [0.4, 0.5) is 5.69 Å². The third-order valence-corrected chi connectivity index (χ3v) is 4.84. The lowest BCUT2D eigenvalue weighted by molar-refractivity contribution is -0.136. The van der Waals surface area contributed by atoms with Crippen LogP contribution >= 0.6 is 0 Å². The van der Waals surface area contributed by atoms with Gasteiger partial charge in [0.05, 0.1) is 29.9 Å². The largest absolute Gasteiger partial charge is 0.378 e. The van der Waals surface area contributed by atoms with E-state index in [1.165, 1.54) is 0 Å². The number of aromatic nitrogens is 2. The molecule has 0 radical (unpaired) electrons. The van der Waals surface area contributed by atoms with E-state index in [1.54, 1.807) is 12.4 Å². The number of rotatable bonds is 2. The van der Waals surface area contributed by atoms with Crippen molar-refractivity contribution in [1.29, 1.82) is 5.26 Å². The minimum absolute atomic E-state index is 0.162. The first-order chi connectivity index (χ1) is 11.8. The quantitative estimate of drug-likeness (QED) is 0.898. The lowest BCUT2D eigenvalue weighted by Gasteiger charge is -2.33. The number of nitriles is 1. The van der Waals surface area contributed by atoms with E-state index < -0.39 is 0 Å². The molecule has 0 unspecified atom stereocenters. The molecular formula is C17H19N5O2. The van der Waals surface area contributed by atoms with E-state index in [2.05, 4.69) is 20.9 Å². The van der Waals surface area contributed by atoms with Crippen molar-refractivity contribution in [3.05, 3.63) is 24.0 Å². The van der Waals surface area contributed by atoms with Crippen molar-refractivity contribution in [3.63, 3.8) is 0 Å². The molecule has 7 nitrogen and oxygen atoms in total. The van der Waals surface area contributed by atoms with Crippen LogP contribution in [0.25, 0.3) is 11.0 Å². The zero-order chi connectivity index (χ0) is 16.5. The first-order valence-electron chi connectivity index (χ1n) is 8.29. The number of morpholine rings is 1. The van der Waals surface area contributed by atoms with Gasteiger partial charge >= 0.3 is 0 Å². The number of ether oxygens (including phenoxy) is 1. The van der Waals surface area contributed by atoms with Gasteiger partial charge in [0.1, 0.15) is 17.8 Å². The zero-order valence-corrected chi connectivity index (χ0v) is 13.4. The number of hydrogen-bond acceptors (Lipinski definition) is 5. The zero-order valence-electron chi connectivity index (χ0n) is 13.4. The summed E-state index contributed by atoms with van der Waals surface area (Å²) in [4.78, 5) is 24.3. The molecule has 1 N–H and O–H groups in total. The molecule has 0 aromatic carbocycles. The van der Waals surface area contributed by atoms with Gasteiger partial charge in [-0.05, 0) is 18.9 Å². The number of amides is 1. The van der Waals surface area contributed by atoms with Crippen LogP contribution < -0.4 is 4.90 Å². The molecule has 1 atom stereocenters. The fraction of sp³-hybridized carbons (Fsp3) is 0.471. The highest BCUT2D eigenvalue weighted by molar-refractivity contribution is 5.97. The lowest BCUT2D eigenvalue weighted by atomic mass is 10.1. The molecule has 4 rings (SSSR count). The monoisotopic (exact) mass is 325 g/mol. The molecule has 0 bridgehead atoms. The summed E-state index contributed by atoms with van der Waals surface area (Å²) in [6, 6.07) is 3.94. The third-order valence-electron chi connectivity index (χ3n) is 4.84. The average molecular weight is 325 g/mol. The molecule has 7 heteroatoms. The molecule has 2 aromatic rings. The Morgan fingerprint density at radius 2 is 2.21 bits per heavy atom. The Bertz CT molecular complexity index is 803. The molecule has 0 aliphatic carbocycles. The van der Waals surface area contributed by atoms with Crippen molar-refractivity contribution in [1.82, 2.24) is 14.9 Å². The van der Waals surface area contributed by atoms with Crippen molar-refractivity contribution in [2.24, 2.45) is 0 Å². The summed E-state index contributed by atoms with van der Waals surface area (Å²) in [6.45, 7) is 3.34. The van der Waals surface area contributed by atoms with Crippen LogP contribution in [0.15, 0.2) is 18.5 Å². The molecule has 2 aliphatic heterocycles. The number of fused-ring (bicyclic) bond motifs is 1. The number of anilines is 1. The van der Waals surface area contributed by atoms with E-state index in [9.17, 15) is 10.1 Å². The maximum absolute atomic E-state index is 13.0. The van der Waals surface area contributed by atoms with Crippen molar-refractivity contribution in [3.8, 4) is 6.07 Å². The van der Waals surface area contributed by atoms with Crippen LogP contribution in [0.5, 0.6) is 0 Å². The second-order valence-corrected chi connectivity index (χ2v) is 6.16. The molecule has 0 spiro atoms. The Labute approximate surface area is 139 Å². The molecule has 2 fully saturated rings. The highest BCUT2D eigenvalue weighted by atomic mass is 16.5. The first kappa shape index (κ1) is 15.0. The fourth-order valence-corrected chi connectivity index (χ4v) is 3.67. The van der Waals surface area contributed by atoms with Gasteiger partial charge in [-0.2, -0.15) is 5.26 Å². The number of carbonyl (C=O) groups is 1. The number of nitrogens with zero attached hydrogens (tertiary/aromatic N) is 4. The van der Waals surface area contributed by atoms with Crippen LogP contribution in [0.2, 0.25) is 0 Å². The number of aromatic amines is 1. The van der Waals surface area contributed by atoms with Gasteiger partial charge in [0.15, 0.2) is 0 Å². The smallest absolute Gasteiger partial charge is 0.245 e. The predicted octanol–water partition coefficient (Wildman–Crippen LogP) is 1.26. The Morgan fingerprint density at radius 3 is 3.00 bits per heavy atom. The topological polar surface area (TPSA) is 85.2 Å². The molecule has 2 aromatic heterocycles. The van der Waals surface area contributed by atoms with E-state index in [-0.39, 0.29) is 11.9 Å². The maximum Gasteiger partial charge on any atom is 0.245 e. The summed E-state index contributed by atoms with van der Waals surface area (Å²) >= 11 is 0. The Hall–Kier alpha value is -2.59. The second-order valence-electron chi connectivity index (χ2n) is 6.16. The fourth-order valence-electron chi connectivity index (χ4n) is 3.67. The summed E-state index contributed by atoms with van der Waals surface area (Å²) < 4.78 is 5.35. The minimum atomic E-state index is -0.171. The van der Waals surface area contributed by atoms with E-state index in [0.717, 1.165) is 30.5 Å². The number of hydrogen-bond donors (Lipinski definition) is 1. The summed E-state index contributed by atoms with van der Waals surface area (Å²) in [5.41, 5.74) is 2.17. The van der Waals surface area contributed by atoms with Crippen molar-refractivity contribution in [2.45, 2.75) is 18.9 Å². The first-order valence-corrected chi connectivity index (χ1v) is 8.29. The summed E-state index contributed by atoms with van der Waals surface area (Å²) in [6.07, 6.45) is 5.21. The van der Waals surface area contributed by atoms with Gasteiger partial charge in [0.2, 0.25) is 5.91 Å². The highest BCUT2D eigenvalue weighted by Crippen LogP contribution is 2.33. The lowest BCUT2D eigenvalue weighted by Crippen LogP contribution is -2.49. The molecule has 24 heavy (non-hydrogen) atoms. The Morgan fingerprint density at radius 1 is 1.38 bits per heavy atom. The van der Waals surface area contributed by atoms with Gasteiger partial charge in [-0.3, -0.25) is 4.79 Å². The van der Waals surface area contributed by atoms with Gasteiger partial charge in [0, 0.05) is 32.0 Å². The van der Waals surface area contributed by atoms with Crippen molar-refractivity contribution >= 4 is 22.6 Å². The second kappa shape index (κ2) is 6.13. The number of carbonyl (C=O) groups excluding carboxylic acids is 1. The van der Waals surface area contributed by atoms with Crippen LogP contribution in [0, 0.1) is 11.3 Å². The van der Waals surface area contributed by atoms with E-state index >= 15 is 0 Å². The third kappa shape index (κ3) is 2.39. The summed E-state index contributed by atoms with van der Waals surface area (Å²) in [5, 5.41) is 10.2. The van der Waals surface area contributed by atoms with Crippen LogP contribution in [-0.2, 0) is 9.53 Å². The van der Waals surface area contributed by atoms with Crippen LogP contribution in [-0.4, -0.2) is 59.7 Å².